The van der Waals surface area contributed by atoms with Gasteiger partial charge in [-0.1, -0.05) is 30.3 Å². The van der Waals surface area contributed by atoms with Gasteiger partial charge >= 0.3 is 6.03 Å². The number of carbonyl (C=O) groups is 1. The monoisotopic (exact) mass is 298 g/mol. The number of aromatic nitrogens is 2. The molecule has 1 aromatic heterocycles. The number of aryl methyl sites for hydroxylation is 1. The van der Waals surface area contributed by atoms with Crippen molar-refractivity contribution in [3.05, 3.63) is 53.9 Å². The minimum atomic E-state index is -0.128. The van der Waals surface area contributed by atoms with E-state index >= 15 is 0 Å². The molecule has 1 unspecified atom stereocenters. The maximum absolute atomic E-state index is 12.0. The van der Waals surface area contributed by atoms with Crippen molar-refractivity contribution >= 4 is 6.03 Å². The van der Waals surface area contributed by atoms with Gasteiger partial charge in [0.1, 0.15) is 0 Å². The van der Waals surface area contributed by atoms with Crippen LogP contribution in [0.5, 0.6) is 0 Å². The Labute approximate surface area is 130 Å². The number of benzene rings is 1. The van der Waals surface area contributed by atoms with Crippen LogP contribution in [-0.4, -0.2) is 22.4 Å². The average Bonchev–Trinajstić information content (AvgIpc) is 3.18. The molecule has 1 heterocycles. The van der Waals surface area contributed by atoms with E-state index in [9.17, 15) is 4.79 Å². The van der Waals surface area contributed by atoms with E-state index in [1.54, 1.807) is 4.68 Å². The Hall–Kier alpha value is -2.30. The maximum Gasteiger partial charge on any atom is 0.315 e. The van der Waals surface area contributed by atoms with Gasteiger partial charge < -0.3 is 10.6 Å². The van der Waals surface area contributed by atoms with Gasteiger partial charge in [0.05, 0.1) is 11.7 Å². The third-order valence-electron chi connectivity index (χ3n) is 4.20. The van der Waals surface area contributed by atoms with Gasteiger partial charge in [-0.2, -0.15) is 5.10 Å². The van der Waals surface area contributed by atoms with Gasteiger partial charge in [0.15, 0.2) is 0 Å². The van der Waals surface area contributed by atoms with Gasteiger partial charge in [0, 0.05) is 19.8 Å². The zero-order valence-corrected chi connectivity index (χ0v) is 13.0. The minimum Gasteiger partial charge on any atom is -0.338 e. The van der Waals surface area contributed by atoms with Crippen molar-refractivity contribution < 1.29 is 4.79 Å². The molecule has 1 aliphatic carbocycles. The molecule has 2 N–H and O–H groups in total. The number of hydrogen-bond acceptors (Lipinski definition) is 2. The summed E-state index contributed by atoms with van der Waals surface area (Å²) in [4.78, 5) is 12.0. The molecule has 0 aliphatic heterocycles. The van der Waals surface area contributed by atoms with Crippen LogP contribution in [0.25, 0.3) is 0 Å². The number of amides is 2. The van der Waals surface area contributed by atoms with Crippen molar-refractivity contribution in [3.63, 3.8) is 0 Å². The van der Waals surface area contributed by atoms with Crippen LogP contribution in [0.2, 0.25) is 0 Å². The molecule has 0 saturated heterocycles. The highest BCUT2D eigenvalue weighted by Gasteiger charge is 2.38. The highest BCUT2D eigenvalue weighted by atomic mass is 16.2. The Morgan fingerprint density at radius 3 is 2.82 bits per heavy atom. The van der Waals surface area contributed by atoms with Crippen molar-refractivity contribution in [2.24, 2.45) is 13.0 Å². The van der Waals surface area contributed by atoms with E-state index in [1.807, 2.05) is 32.3 Å². The van der Waals surface area contributed by atoms with Crippen LogP contribution in [-0.2, 0) is 7.05 Å². The summed E-state index contributed by atoms with van der Waals surface area (Å²) in [5, 5.41) is 10.2. The van der Waals surface area contributed by atoms with Gasteiger partial charge in [-0.05, 0) is 36.8 Å². The second kappa shape index (κ2) is 6.22. The fourth-order valence-electron chi connectivity index (χ4n) is 2.79. The van der Waals surface area contributed by atoms with Gasteiger partial charge in [-0.15, -0.1) is 0 Å². The average molecular weight is 298 g/mol. The molecule has 5 heteroatoms. The Bertz CT molecular complexity index is 637. The SMILES string of the molecule is CC(NC(=O)NC[C@@H]1C[C@H]1c1ccccc1)c1ccn(C)n1. The fraction of sp³-hybridized carbons (Fsp3) is 0.412. The molecule has 0 bridgehead atoms. The normalized spacial score (nSPS) is 21.2. The molecule has 5 nitrogen and oxygen atoms in total. The van der Waals surface area contributed by atoms with Crippen LogP contribution in [0.1, 0.15) is 36.6 Å². The predicted molar refractivity (Wildman–Crippen MR) is 85.4 cm³/mol. The second-order valence-corrected chi connectivity index (χ2v) is 6.00. The van der Waals surface area contributed by atoms with Gasteiger partial charge in [0.2, 0.25) is 0 Å². The standard InChI is InChI=1S/C17H22N4O/c1-12(16-8-9-21(2)20-16)19-17(22)18-11-14-10-15(14)13-6-4-3-5-7-13/h3-9,12,14-15H,10-11H2,1-2H3,(H2,18,19,22)/t12?,14-,15-/m0/s1. The first-order valence-corrected chi connectivity index (χ1v) is 7.72. The zero-order chi connectivity index (χ0) is 15.5. The number of nitrogens with one attached hydrogen (secondary N) is 2. The summed E-state index contributed by atoms with van der Waals surface area (Å²) in [6.07, 6.45) is 3.03. The largest absolute Gasteiger partial charge is 0.338 e. The molecule has 2 aromatic rings. The first kappa shape index (κ1) is 14.6. The molecule has 22 heavy (non-hydrogen) atoms. The first-order chi connectivity index (χ1) is 10.6. The number of nitrogens with zero attached hydrogens (tertiary/aromatic N) is 2. The lowest BCUT2D eigenvalue weighted by Crippen LogP contribution is -2.38. The first-order valence-electron chi connectivity index (χ1n) is 7.72. The molecular formula is C17H22N4O. The molecule has 0 radical (unpaired) electrons. The number of hydrogen-bond donors (Lipinski definition) is 2. The third kappa shape index (κ3) is 3.47. The summed E-state index contributed by atoms with van der Waals surface area (Å²) in [7, 11) is 1.87. The lowest BCUT2D eigenvalue weighted by molar-refractivity contribution is 0.237. The number of urea groups is 1. The summed E-state index contributed by atoms with van der Waals surface area (Å²) in [5.41, 5.74) is 2.24. The minimum absolute atomic E-state index is 0.0923. The predicted octanol–water partition coefficient (Wildman–Crippen LogP) is 2.58. The van der Waals surface area contributed by atoms with Crippen LogP contribution >= 0.6 is 0 Å². The van der Waals surface area contributed by atoms with Gasteiger partial charge in [-0.3, -0.25) is 4.68 Å². The Kier molecular flexibility index (Phi) is 4.13. The molecule has 1 aliphatic rings. The maximum atomic E-state index is 12.0. The van der Waals surface area contributed by atoms with Crippen molar-refractivity contribution in [2.75, 3.05) is 6.54 Å². The summed E-state index contributed by atoms with van der Waals surface area (Å²) in [6.45, 7) is 2.66. The molecule has 116 valence electrons. The van der Waals surface area contributed by atoms with E-state index < -0.39 is 0 Å². The third-order valence-corrected chi connectivity index (χ3v) is 4.20. The van der Waals surface area contributed by atoms with E-state index in [0.29, 0.717) is 11.8 Å². The van der Waals surface area contributed by atoms with Crippen LogP contribution in [0.15, 0.2) is 42.6 Å². The fourth-order valence-corrected chi connectivity index (χ4v) is 2.79. The lowest BCUT2D eigenvalue weighted by Gasteiger charge is -2.12. The van der Waals surface area contributed by atoms with E-state index in [1.165, 1.54) is 5.56 Å². The molecule has 3 rings (SSSR count). The van der Waals surface area contributed by atoms with E-state index in [2.05, 4.69) is 40.0 Å². The van der Waals surface area contributed by atoms with E-state index in [0.717, 1.165) is 18.7 Å². The van der Waals surface area contributed by atoms with Crippen molar-refractivity contribution in [2.45, 2.75) is 25.3 Å². The molecule has 2 amide bonds. The molecular weight excluding hydrogens is 276 g/mol. The molecule has 1 fully saturated rings. The van der Waals surface area contributed by atoms with E-state index in [4.69, 9.17) is 0 Å². The molecule has 0 spiro atoms. The Morgan fingerprint density at radius 2 is 2.14 bits per heavy atom. The van der Waals surface area contributed by atoms with Crippen LogP contribution in [0.3, 0.4) is 0 Å². The van der Waals surface area contributed by atoms with Crippen molar-refractivity contribution in [1.82, 2.24) is 20.4 Å². The quantitative estimate of drug-likeness (QED) is 0.891. The van der Waals surface area contributed by atoms with Crippen molar-refractivity contribution in [1.29, 1.82) is 0 Å². The number of carbonyl (C=O) groups excluding carboxylic acids is 1. The highest BCUT2D eigenvalue weighted by Crippen LogP contribution is 2.46. The van der Waals surface area contributed by atoms with Crippen LogP contribution in [0.4, 0.5) is 4.79 Å². The van der Waals surface area contributed by atoms with Crippen molar-refractivity contribution in [3.8, 4) is 0 Å². The Morgan fingerprint density at radius 1 is 1.36 bits per heavy atom. The number of rotatable bonds is 5. The summed E-state index contributed by atoms with van der Waals surface area (Å²) in [5.74, 6) is 1.15. The smallest absolute Gasteiger partial charge is 0.315 e. The van der Waals surface area contributed by atoms with Gasteiger partial charge in [0.25, 0.3) is 0 Å². The summed E-state index contributed by atoms with van der Waals surface area (Å²) in [6, 6.07) is 12.2. The molecule has 1 saturated carbocycles. The molecule has 3 atom stereocenters. The molecule has 1 aromatic carbocycles. The van der Waals surface area contributed by atoms with E-state index in [-0.39, 0.29) is 12.1 Å². The Balaban J connectivity index is 1.42. The lowest BCUT2D eigenvalue weighted by atomic mass is 10.1. The summed E-state index contributed by atoms with van der Waals surface area (Å²) >= 11 is 0. The highest BCUT2D eigenvalue weighted by molar-refractivity contribution is 5.74. The summed E-state index contributed by atoms with van der Waals surface area (Å²) < 4.78 is 1.74. The van der Waals surface area contributed by atoms with Crippen LogP contribution in [0, 0.1) is 5.92 Å². The topological polar surface area (TPSA) is 59.0 Å². The second-order valence-electron chi connectivity index (χ2n) is 6.00. The van der Waals surface area contributed by atoms with Gasteiger partial charge in [-0.25, -0.2) is 4.79 Å². The van der Waals surface area contributed by atoms with Crippen LogP contribution < -0.4 is 10.6 Å². The zero-order valence-electron chi connectivity index (χ0n) is 13.0.